The van der Waals surface area contributed by atoms with Gasteiger partial charge in [-0.3, -0.25) is 4.79 Å². The van der Waals surface area contributed by atoms with Crippen molar-refractivity contribution in [3.05, 3.63) is 53.6 Å². The van der Waals surface area contributed by atoms with E-state index >= 15 is 0 Å². The molecule has 0 fully saturated rings. The van der Waals surface area contributed by atoms with E-state index < -0.39 is 0 Å². The van der Waals surface area contributed by atoms with E-state index in [-0.39, 0.29) is 17.1 Å². The number of hydrogen-bond donors (Lipinski definition) is 0. The zero-order valence-electron chi connectivity index (χ0n) is 15.3. The molecule has 4 heteroatoms. The van der Waals surface area contributed by atoms with Gasteiger partial charge in [0.15, 0.2) is 5.78 Å². The summed E-state index contributed by atoms with van der Waals surface area (Å²) in [7, 11) is 3.25. The fourth-order valence-electron chi connectivity index (χ4n) is 2.71. The molecule has 3 nitrogen and oxygen atoms in total. The van der Waals surface area contributed by atoms with E-state index in [9.17, 15) is 4.79 Å². The molecular weight excluding hydrogens is 332 g/mol. The van der Waals surface area contributed by atoms with Gasteiger partial charge in [-0.1, -0.05) is 51.2 Å². The maximum absolute atomic E-state index is 12.4. The second-order valence-corrected chi connectivity index (χ2v) is 7.37. The maximum atomic E-state index is 12.4. The van der Waals surface area contributed by atoms with Gasteiger partial charge < -0.3 is 9.47 Å². The van der Waals surface area contributed by atoms with Gasteiger partial charge in [0, 0.05) is 10.4 Å². The summed E-state index contributed by atoms with van der Waals surface area (Å²) in [6.07, 6.45) is 10.5. The van der Waals surface area contributed by atoms with Crippen molar-refractivity contribution in [1.82, 2.24) is 0 Å². The Morgan fingerprint density at radius 2 is 1.76 bits per heavy atom. The van der Waals surface area contributed by atoms with Gasteiger partial charge in [-0.15, -0.1) is 0 Å². The highest BCUT2D eigenvalue weighted by molar-refractivity contribution is 7.81. The largest absolute Gasteiger partial charge is 0.496 e. The summed E-state index contributed by atoms with van der Waals surface area (Å²) in [5.41, 5.74) is 1.74. The van der Waals surface area contributed by atoms with Crippen molar-refractivity contribution in [1.29, 1.82) is 0 Å². The minimum absolute atomic E-state index is 0.0136. The highest BCUT2D eigenvalue weighted by Gasteiger charge is 2.23. The van der Waals surface area contributed by atoms with Crippen LogP contribution in [0.25, 0.3) is 6.08 Å². The molecule has 0 aliphatic heterocycles. The third-order valence-electron chi connectivity index (χ3n) is 4.07. The molecule has 0 saturated carbocycles. The van der Waals surface area contributed by atoms with Crippen LogP contribution < -0.4 is 9.47 Å². The number of allylic oxidation sites excluding steroid dienone is 5. The first-order chi connectivity index (χ1) is 11.8. The first kappa shape index (κ1) is 19.1. The summed E-state index contributed by atoms with van der Waals surface area (Å²) < 4.78 is 11.1. The van der Waals surface area contributed by atoms with Gasteiger partial charge >= 0.3 is 0 Å². The number of thiocarbonyl (C=S) groups is 1. The Kier molecular flexibility index (Phi) is 5.96. The zero-order valence-corrected chi connectivity index (χ0v) is 16.1. The molecule has 1 aliphatic carbocycles. The van der Waals surface area contributed by atoms with E-state index in [2.05, 4.69) is 20.8 Å². The van der Waals surface area contributed by atoms with Gasteiger partial charge in [0.2, 0.25) is 0 Å². The molecule has 0 spiro atoms. The fourth-order valence-corrected chi connectivity index (χ4v) is 2.87. The number of hydrogen-bond acceptors (Lipinski definition) is 4. The van der Waals surface area contributed by atoms with Gasteiger partial charge in [0.25, 0.3) is 0 Å². The summed E-state index contributed by atoms with van der Waals surface area (Å²) in [5.74, 6) is 1.10. The fraction of sp³-hybridized carbons (Fsp3) is 0.333. The summed E-state index contributed by atoms with van der Waals surface area (Å²) in [5, 5.41) is 0. The van der Waals surface area contributed by atoms with Crippen LogP contribution in [0, 0.1) is 5.92 Å². The van der Waals surface area contributed by atoms with E-state index in [1.54, 1.807) is 38.5 Å². The lowest BCUT2D eigenvalue weighted by Gasteiger charge is -2.24. The second kappa shape index (κ2) is 7.79. The molecule has 0 aromatic heterocycles. The Hall–Kier alpha value is -2.20. The van der Waals surface area contributed by atoms with E-state index in [0.29, 0.717) is 5.75 Å². The summed E-state index contributed by atoms with van der Waals surface area (Å²) in [6, 6.07) is 3.91. The van der Waals surface area contributed by atoms with E-state index in [1.165, 1.54) is 0 Å². The molecule has 0 amide bonds. The Morgan fingerprint density at radius 1 is 1.12 bits per heavy atom. The first-order valence-corrected chi connectivity index (χ1v) is 8.56. The number of benzene rings is 1. The molecule has 1 aromatic rings. The van der Waals surface area contributed by atoms with E-state index in [4.69, 9.17) is 21.7 Å². The first-order valence-electron chi connectivity index (χ1n) is 8.15. The van der Waals surface area contributed by atoms with Gasteiger partial charge in [-0.25, -0.2) is 0 Å². The standard InChI is InChI=1S/C21H24O3S/c1-21(2,3)17-11-13-19(23-4)16(20(17)24-5)10-12-18(22)14-6-8-15(25)9-7-14/h6-14H,1-5H3/b12-10+. The van der Waals surface area contributed by atoms with Crippen LogP contribution in [-0.2, 0) is 10.2 Å². The summed E-state index contributed by atoms with van der Waals surface area (Å²) in [4.78, 5) is 13.2. The van der Waals surface area contributed by atoms with Crippen molar-refractivity contribution in [2.24, 2.45) is 5.92 Å². The summed E-state index contributed by atoms with van der Waals surface area (Å²) in [6.45, 7) is 6.36. The van der Waals surface area contributed by atoms with Crippen molar-refractivity contribution < 1.29 is 14.3 Å². The van der Waals surface area contributed by atoms with Gasteiger partial charge in [-0.2, -0.15) is 0 Å². The number of methoxy groups -OCH3 is 2. The monoisotopic (exact) mass is 356 g/mol. The van der Waals surface area contributed by atoms with Crippen LogP contribution in [0.4, 0.5) is 0 Å². The van der Waals surface area contributed by atoms with Crippen molar-refractivity contribution >= 4 is 28.9 Å². The third kappa shape index (κ3) is 4.45. The number of ketones is 1. The highest BCUT2D eigenvalue weighted by Crippen LogP contribution is 2.39. The van der Waals surface area contributed by atoms with Crippen LogP contribution in [-0.4, -0.2) is 24.9 Å². The average molecular weight is 356 g/mol. The molecular formula is C21H24O3S. The molecule has 132 valence electrons. The number of carbonyl (C=O) groups excluding carboxylic acids is 1. The van der Waals surface area contributed by atoms with Crippen LogP contribution in [0.15, 0.2) is 42.5 Å². The zero-order chi connectivity index (χ0) is 18.6. The smallest absolute Gasteiger partial charge is 0.166 e. The van der Waals surface area contributed by atoms with Gasteiger partial charge in [0.1, 0.15) is 11.5 Å². The van der Waals surface area contributed by atoms with Crippen molar-refractivity contribution in [2.75, 3.05) is 14.2 Å². The molecule has 0 N–H and O–H groups in total. The molecule has 0 atom stereocenters. The Morgan fingerprint density at radius 3 is 2.28 bits per heavy atom. The lowest BCUT2D eigenvalue weighted by Crippen LogP contribution is -2.14. The van der Waals surface area contributed by atoms with Crippen molar-refractivity contribution in [2.45, 2.75) is 26.2 Å². The molecule has 0 heterocycles. The topological polar surface area (TPSA) is 35.5 Å². The highest BCUT2D eigenvalue weighted by atomic mass is 32.1. The maximum Gasteiger partial charge on any atom is 0.166 e. The van der Waals surface area contributed by atoms with Crippen LogP contribution in [0.2, 0.25) is 0 Å². The molecule has 0 unspecified atom stereocenters. The van der Waals surface area contributed by atoms with Crippen molar-refractivity contribution in [3.8, 4) is 11.5 Å². The number of ether oxygens (including phenoxy) is 2. The normalized spacial score (nSPS) is 15.0. The predicted molar refractivity (Wildman–Crippen MR) is 107 cm³/mol. The number of rotatable bonds is 5. The predicted octanol–water partition coefficient (Wildman–Crippen LogP) is 4.70. The van der Waals surface area contributed by atoms with Crippen LogP contribution in [0.5, 0.6) is 11.5 Å². The molecule has 0 radical (unpaired) electrons. The van der Waals surface area contributed by atoms with Gasteiger partial charge in [-0.05, 0) is 35.8 Å². The Balaban J connectivity index is 2.40. The number of carbonyl (C=O) groups is 1. The van der Waals surface area contributed by atoms with E-state index in [0.717, 1.165) is 21.7 Å². The minimum atomic E-state index is -0.286. The third-order valence-corrected chi connectivity index (χ3v) is 4.34. The van der Waals surface area contributed by atoms with Crippen LogP contribution >= 0.6 is 12.2 Å². The Labute approximate surface area is 155 Å². The quantitative estimate of drug-likeness (QED) is 0.566. The van der Waals surface area contributed by atoms with Crippen molar-refractivity contribution in [3.63, 3.8) is 0 Å². The molecule has 1 aromatic carbocycles. The Bertz CT molecular complexity index is 748. The van der Waals surface area contributed by atoms with E-state index in [1.807, 2.05) is 24.3 Å². The molecule has 0 bridgehead atoms. The van der Waals surface area contributed by atoms with Crippen LogP contribution in [0.1, 0.15) is 31.9 Å². The molecule has 0 saturated heterocycles. The van der Waals surface area contributed by atoms with Gasteiger partial charge in [0.05, 0.1) is 25.7 Å². The molecule has 25 heavy (non-hydrogen) atoms. The lowest BCUT2D eigenvalue weighted by atomic mass is 9.84. The summed E-state index contributed by atoms with van der Waals surface area (Å²) >= 11 is 5.07. The SMILES string of the molecule is COc1ccc(C(C)(C)C)c(OC)c1/C=C/C(=O)C1C=CC(=S)C=C1. The average Bonchev–Trinajstić information content (AvgIpc) is 2.58. The van der Waals surface area contributed by atoms with Crippen LogP contribution in [0.3, 0.4) is 0 Å². The molecule has 2 rings (SSSR count). The minimum Gasteiger partial charge on any atom is -0.496 e. The molecule has 1 aliphatic rings. The second-order valence-electron chi connectivity index (χ2n) is 6.89. The lowest BCUT2D eigenvalue weighted by molar-refractivity contribution is -0.115.